The van der Waals surface area contributed by atoms with Gasteiger partial charge < -0.3 is 10.1 Å². The number of rotatable bonds is 6. The molecule has 1 N–H and O–H groups in total. The number of hydrogen-bond donors (Lipinski definition) is 1. The minimum Gasteiger partial charge on any atom is -0.487 e. The Labute approximate surface area is 187 Å². The van der Waals surface area contributed by atoms with Crippen LogP contribution in [0, 0.1) is 6.92 Å². The maximum absolute atomic E-state index is 6.26. The second kappa shape index (κ2) is 8.29. The number of pyridine rings is 1. The summed E-state index contributed by atoms with van der Waals surface area (Å²) in [6.07, 6.45) is 12.0. The SMILES string of the molecule is CCNc1cc2c(cn1)c(-c1cnn(C)c1)nn2[C@H]1CC[C@@H](Oc2cn(C)nc2C)CC1. The normalized spacial score (nSPS) is 18.9. The van der Waals surface area contributed by atoms with Gasteiger partial charge in [0.2, 0.25) is 0 Å². The topological polar surface area (TPSA) is 87.6 Å². The van der Waals surface area contributed by atoms with Gasteiger partial charge in [-0.2, -0.15) is 15.3 Å². The molecule has 9 heteroatoms. The second-order valence-electron chi connectivity index (χ2n) is 8.61. The third-order valence-corrected chi connectivity index (χ3v) is 6.18. The van der Waals surface area contributed by atoms with Crippen LogP contribution < -0.4 is 10.1 Å². The zero-order valence-corrected chi connectivity index (χ0v) is 19.1. The van der Waals surface area contributed by atoms with Crippen LogP contribution in [0.1, 0.15) is 44.3 Å². The van der Waals surface area contributed by atoms with Crippen molar-refractivity contribution in [1.82, 2.24) is 34.3 Å². The number of aryl methyl sites for hydroxylation is 3. The standard InChI is InChI=1S/C23H30N8O/c1-5-24-22-10-20-19(12-25-22)23(16-11-26-29(3)13-16)28-31(20)17-6-8-18(9-7-17)32-21-14-30(4)27-15(21)2/h10-14,17-18H,5-9H2,1-4H3,(H,24,25)/t17-,18+. The van der Waals surface area contributed by atoms with Crippen LogP contribution in [0.2, 0.25) is 0 Å². The van der Waals surface area contributed by atoms with Gasteiger partial charge in [0.05, 0.1) is 30.1 Å². The molecule has 4 aromatic heterocycles. The lowest BCUT2D eigenvalue weighted by molar-refractivity contribution is 0.130. The molecule has 32 heavy (non-hydrogen) atoms. The van der Waals surface area contributed by atoms with Crippen LogP contribution in [-0.4, -0.2) is 47.0 Å². The zero-order valence-electron chi connectivity index (χ0n) is 19.1. The Balaban J connectivity index is 1.42. The first-order valence-corrected chi connectivity index (χ1v) is 11.3. The van der Waals surface area contributed by atoms with E-state index in [-0.39, 0.29) is 6.10 Å². The predicted molar refractivity (Wildman–Crippen MR) is 124 cm³/mol. The lowest BCUT2D eigenvalue weighted by Crippen LogP contribution is -2.26. The highest BCUT2D eigenvalue weighted by Crippen LogP contribution is 2.36. The fraction of sp³-hybridized carbons (Fsp3) is 0.478. The number of anilines is 1. The van der Waals surface area contributed by atoms with Crippen molar-refractivity contribution in [1.29, 1.82) is 0 Å². The Morgan fingerprint density at radius 2 is 1.88 bits per heavy atom. The minimum atomic E-state index is 0.216. The molecule has 0 radical (unpaired) electrons. The lowest BCUT2D eigenvalue weighted by atomic mass is 9.93. The first kappa shape index (κ1) is 20.5. The number of hydrogen-bond acceptors (Lipinski definition) is 6. The van der Waals surface area contributed by atoms with Crippen molar-refractivity contribution in [3.05, 3.63) is 36.5 Å². The van der Waals surface area contributed by atoms with Gasteiger partial charge in [-0.25, -0.2) is 4.98 Å². The van der Waals surface area contributed by atoms with E-state index in [1.54, 1.807) is 0 Å². The van der Waals surface area contributed by atoms with Crippen molar-refractivity contribution in [2.24, 2.45) is 14.1 Å². The smallest absolute Gasteiger partial charge is 0.160 e. The minimum absolute atomic E-state index is 0.216. The van der Waals surface area contributed by atoms with E-state index in [0.29, 0.717) is 6.04 Å². The summed E-state index contributed by atoms with van der Waals surface area (Å²) in [6.45, 7) is 4.90. The van der Waals surface area contributed by atoms with Crippen molar-refractivity contribution in [2.45, 2.75) is 51.7 Å². The van der Waals surface area contributed by atoms with E-state index >= 15 is 0 Å². The van der Waals surface area contributed by atoms with Gasteiger partial charge in [0.25, 0.3) is 0 Å². The van der Waals surface area contributed by atoms with Crippen LogP contribution in [-0.2, 0) is 14.1 Å². The Kier molecular flexibility index (Phi) is 5.32. The Morgan fingerprint density at radius 1 is 1.06 bits per heavy atom. The van der Waals surface area contributed by atoms with Crippen LogP contribution in [0.25, 0.3) is 22.2 Å². The van der Waals surface area contributed by atoms with Gasteiger partial charge in [-0.3, -0.25) is 14.0 Å². The number of ether oxygens (including phenoxy) is 1. The molecule has 0 unspecified atom stereocenters. The molecule has 0 aromatic carbocycles. The maximum atomic E-state index is 6.26. The molecule has 0 bridgehead atoms. The summed E-state index contributed by atoms with van der Waals surface area (Å²) in [7, 11) is 3.85. The monoisotopic (exact) mass is 434 g/mol. The summed E-state index contributed by atoms with van der Waals surface area (Å²) >= 11 is 0. The predicted octanol–water partition coefficient (Wildman–Crippen LogP) is 3.87. The summed E-state index contributed by atoms with van der Waals surface area (Å²) in [5.74, 6) is 1.77. The molecule has 1 saturated carbocycles. The molecule has 1 fully saturated rings. The Bertz CT molecular complexity index is 1230. The number of fused-ring (bicyclic) bond motifs is 1. The van der Waals surface area contributed by atoms with E-state index in [0.717, 1.165) is 71.6 Å². The quantitative estimate of drug-likeness (QED) is 0.496. The molecule has 1 aliphatic rings. The van der Waals surface area contributed by atoms with Crippen LogP contribution in [0.15, 0.2) is 30.9 Å². The van der Waals surface area contributed by atoms with Crippen LogP contribution in [0.4, 0.5) is 5.82 Å². The number of nitrogens with one attached hydrogen (secondary N) is 1. The van der Waals surface area contributed by atoms with Crippen LogP contribution in [0.5, 0.6) is 5.75 Å². The molecule has 0 aliphatic heterocycles. The van der Waals surface area contributed by atoms with Crippen molar-refractivity contribution in [3.63, 3.8) is 0 Å². The van der Waals surface area contributed by atoms with Gasteiger partial charge >= 0.3 is 0 Å². The average molecular weight is 435 g/mol. The summed E-state index contributed by atoms with van der Waals surface area (Å²) in [6, 6.07) is 2.45. The van der Waals surface area contributed by atoms with Crippen LogP contribution >= 0.6 is 0 Å². The largest absolute Gasteiger partial charge is 0.487 e. The molecule has 0 spiro atoms. The molecule has 1 aliphatic carbocycles. The summed E-state index contributed by atoms with van der Waals surface area (Å²) < 4.78 is 12.1. The van der Waals surface area contributed by atoms with E-state index in [2.05, 4.69) is 38.2 Å². The fourth-order valence-corrected chi connectivity index (χ4v) is 4.63. The Morgan fingerprint density at radius 3 is 2.53 bits per heavy atom. The summed E-state index contributed by atoms with van der Waals surface area (Å²) in [5.41, 5.74) is 4.01. The summed E-state index contributed by atoms with van der Waals surface area (Å²) in [4.78, 5) is 4.60. The number of aromatic nitrogens is 7. The first-order valence-electron chi connectivity index (χ1n) is 11.3. The molecule has 4 heterocycles. The van der Waals surface area contributed by atoms with Crippen LogP contribution in [0.3, 0.4) is 0 Å². The van der Waals surface area contributed by atoms with Crippen molar-refractivity contribution >= 4 is 16.7 Å². The molecule has 0 atom stereocenters. The molecular weight excluding hydrogens is 404 g/mol. The maximum Gasteiger partial charge on any atom is 0.160 e. The van der Waals surface area contributed by atoms with E-state index in [1.165, 1.54) is 0 Å². The average Bonchev–Trinajstić information content (AvgIpc) is 3.45. The third kappa shape index (κ3) is 3.83. The van der Waals surface area contributed by atoms with E-state index < -0.39 is 0 Å². The molecule has 0 saturated heterocycles. The van der Waals surface area contributed by atoms with Crippen molar-refractivity contribution in [3.8, 4) is 17.0 Å². The fourth-order valence-electron chi connectivity index (χ4n) is 4.63. The molecule has 168 valence electrons. The molecule has 5 rings (SSSR count). The number of nitrogens with zero attached hydrogens (tertiary/aromatic N) is 7. The second-order valence-corrected chi connectivity index (χ2v) is 8.61. The third-order valence-electron chi connectivity index (χ3n) is 6.18. The highest BCUT2D eigenvalue weighted by molar-refractivity contribution is 5.93. The first-order chi connectivity index (χ1) is 15.5. The molecular formula is C23H30N8O. The van der Waals surface area contributed by atoms with Gasteiger partial charge in [-0.05, 0) is 39.5 Å². The lowest BCUT2D eigenvalue weighted by Gasteiger charge is -2.29. The van der Waals surface area contributed by atoms with Crippen molar-refractivity contribution < 1.29 is 4.74 Å². The van der Waals surface area contributed by atoms with E-state index in [9.17, 15) is 0 Å². The molecule has 4 aromatic rings. The highest BCUT2D eigenvalue weighted by Gasteiger charge is 2.27. The van der Waals surface area contributed by atoms with E-state index in [1.807, 2.05) is 55.2 Å². The zero-order chi connectivity index (χ0) is 22.2. The van der Waals surface area contributed by atoms with Crippen molar-refractivity contribution in [2.75, 3.05) is 11.9 Å². The van der Waals surface area contributed by atoms with Gasteiger partial charge in [0, 0.05) is 50.0 Å². The van der Waals surface area contributed by atoms with Gasteiger partial charge in [0.1, 0.15) is 17.2 Å². The summed E-state index contributed by atoms with van der Waals surface area (Å²) in [5, 5.41) is 18.2. The molecule has 9 nitrogen and oxygen atoms in total. The van der Waals surface area contributed by atoms with Gasteiger partial charge in [-0.1, -0.05) is 0 Å². The van der Waals surface area contributed by atoms with Gasteiger partial charge in [0.15, 0.2) is 5.75 Å². The Hall–Kier alpha value is -3.36. The van der Waals surface area contributed by atoms with Gasteiger partial charge in [-0.15, -0.1) is 0 Å². The van der Waals surface area contributed by atoms with E-state index in [4.69, 9.17) is 9.84 Å². The molecule has 0 amide bonds. The highest BCUT2D eigenvalue weighted by atomic mass is 16.5.